The third-order valence-electron chi connectivity index (χ3n) is 4.34. The fourth-order valence-electron chi connectivity index (χ4n) is 2.91. The molecule has 6 heteroatoms. The van der Waals surface area contributed by atoms with Gasteiger partial charge in [-0.15, -0.1) is 0 Å². The summed E-state index contributed by atoms with van der Waals surface area (Å²) < 4.78 is 5.45. The average Bonchev–Trinajstić information content (AvgIpc) is 2.86. The van der Waals surface area contributed by atoms with E-state index in [1.54, 1.807) is 6.92 Å². The first-order chi connectivity index (χ1) is 11.5. The summed E-state index contributed by atoms with van der Waals surface area (Å²) in [5.74, 6) is 1.12. The number of aryl methyl sites for hydroxylation is 2. The molecule has 1 N–H and O–H groups in total. The highest BCUT2D eigenvalue weighted by molar-refractivity contribution is 5.92. The van der Waals surface area contributed by atoms with Crippen LogP contribution < -0.4 is 10.2 Å². The van der Waals surface area contributed by atoms with Gasteiger partial charge in [-0.25, -0.2) is 4.98 Å². The van der Waals surface area contributed by atoms with E-state index in [0.29, 0.717) is 11.7 Å². The van der Waals surface area contributed by atoms with Gasteiger partial charge in [0.05, 0.1) is 12.1 Å². The van der Waals surface area contributed by atoms with Gasteiger partial charge in [-0.2, -0.15) is 0 Å². The molecule has 0 atom stereocenters. The van der Waals surface area contributed by atoms with E-state index >= 15 is 0 Å². The highest BCUT2D eigenvalue weighted by Gasteiger charge is 2.15. The van der Waals surface area contributed by atoms with Crippen LogP contribution in [-0.2, 0) is 11.2 Å². The van der Waals surface area contributed by atoms with Crippen LogP contribution in [0.1, 0.15) is 17.3 Å². The van der Waals surface area contributed by atoms with Crippen molar-refractivity contribution in [2.45, 2.75) is 20.3 Å². The second-order valence-corrected chi connectivity index (χ2v) is 6.30. The van der Waals surface area contributed by atoms with Crippen LogP contribution in [-0.4, -0.2) is 49.0 Å². The van der Waals surface area contributed by atoms with Crippen LogP contribution >= 0.6 is 0 Å². The molecule has 0 unspecified atom stereocenters. The maximum Gasteiger partial charge on any atom is 0.232 e. The Morgan fingerprint density at radius 3 is 2.42 bits per heavy atom. The van der Waals surface area contributed by atoms with Gasteiger partial charge in [0.1, 0.15) is 5.76 Å². The number of benzene rings is 1. The van der Waals surface area contributed by atoms with Gasteiger partial charge in [-0.1, -0.05) is 0 Å². The number of rotatable bonds is 4. The first kappa shape index (κ1) is 16.5. The number of anilines is 2. The molecule has 1 saturated heterocycles. The largest absolute Gasteiger partial charge is 0.445 e. The minimum absolute atomic E-state index is 0.0957. The molecule has 0 saturated carbocycles. The highest BCUT2D eigenvalue weighted by atomic mass is 16.4. The topological polar surface area (TPSA) is 61.6 Å². The lowest BCUT2D eigenvalue weighted by Crippen LogP contribution is -2.44. The van der Waals surface area contributed by atoms with Crippen molar-refractivity contribution in [1.82, 2.24) is 9.88 Å². The third kappa shape index (κ3) is 3.94. The van der Waals surface area contributed by atoms with Crippen LogP contribution in [0.15, 0.2) is 28.7 Å². The van der Waals surface area contributed by atoms with Crippen molar-refractivity contribution < 1.29 is 9.21 Å². The highest BCUT2D eigenvalue weighted by Crippen LogP contribution is 2.19. The second kappa shape index (κ2) is 7.05. The Hall–Kier alpha value is -2.34. The maximum atomic E-state index is 12.2. The summed E-state index contributed by atoms with van der Waals surface area (Å²) in [4.78, 5) is 21.0. The molecule has 1 fully saturated rings. The summed E-state index contributed by atoms with van der Waals surface area (Å²) in [5.41, 5.74) is 2.77. The number of oxazole rings is 1. The number of amides is 1. The Balaban J connectivity index is 1.57. The van der Waals surface area contributed by atoms with Gasteiger partial charge in [0.2, 0.25) is 5.91 Å². The van der Waals surface area contributed by atoms with Gasteiger partial charge in [-0.05, 0) is 38.2 Å². The molecule has 1 amide bonds. The van der Waals surface area contributed by atoms with Crippen LogP contribution in [0, 0.1) is 13.8 Å². The fourth-order valence-corrected chi connectivity index (χ4v) is 2.91. The van der Waals surface area contributed by atoms with Crippen molar-refractivity contribution in [2.24, 2.45) is 0 Å². The summed E-state index contributed by atoms with van der Waals surface area (Å²) in [7, 11) is 2.15. The van der Waals surface area contributed by atoms with E-state index in [1.165, 1.54) is 5.69 Å². The molecule has 3 rings (SSSR count). The number of carbonyl (C=O) groups excluding carboxylic acids is 1. The van der Waals surface area contributed by atoms with Gasteiger partial charge in [0.25, 0.3) is 0 Å². The molecule has 2 aromatic rings. The van der Waals surface area contributed by atoms with E-state index in [9.17, 15) is 4.79 Å². The minimum atomic E-state index is -0.0957. The molecule has 1 aromatic carbocycles. The Kier molecular flexibility index (Phi) is 4.85. The number of carbonyl (C=O) groups is 1. The van der Waals surface area contributed by atoms with E-state index in [-0.39, 0.29) is 12.3 Å². The Bertz CT molecular complexity index is 700. The number of likely N-dealkylation sites (N-methyl/N-ethyl adjacent to an activating group) is 1. The summed E-state index contributed by atoms with van der Waals surface area (Å²) in [6.45, 7) is 7.86. The molecule has 1 aromatic heterocycles. The van der Waals surface area contributed by atoms with Crippen LogP contribution in [0.2, 0.25) is 0 Å². The lowest BCUT2D eigenvalue weighted by molar-refractivity contribution is -0.115. The smallest absolute Gasteiger partial charge is 0.232 e. The van der Waals surface area contributed by atoms with Crippen LogP contribution in [0.3, 0.4) is 0 Å². The lowest BCUT2D eigenvalue weighted by atomic mass is 10.2. The summed E-state index contributed by atoms with van der Waals surface area (Å²) in [5, 5.41) is 2.91. The SMILES string of the molecule is Cc1nc(C)c(CC(=O)Nc2ccc(N3CCN(C)CC3)cc2)o1. The number of nitrogens with zero attached hydrogens (tertiary/aromatic N) is 3. The Morgan fingerprint density at radius 1 is 1.17 bits per heavy atom. The molecule has 0 bridgehead atoms. The summed E-state index contributed by atoms with van der Waals surface area (Å²) in [6.07, 6.45) is 0.201. The monoisotopic (exact) mass is 328 g/mol. The van der Waals surface area contributed by atoms with E-state index in [4.69, 9.17) is 4.42 Å². The van der Waals surface area contributed by atoms with Gasteiger partial charge >= 0.3 is 0 Å². The van der Waals surface area contributed by atoms with Crippen molar-refractivity contribution >= 4 is 17.3 Å². The van der Waals surface area contributed by atoms with Crippen molar-refractivity contribution in [2.75, 3.05) is 43.4 Å². The molecule has 1 aliphatic rings. The summed E-state index contributed by atoms with van der Waals surface area (Å²) >= 11 is 0. The van der Waals surface area contributed by atoms with Gasteiger partial charge in [-0.3, -0.25) is 4.79 Å². The van der Waals surface area contributed by atoms with Crippen molar-refractivity contribution in [3.05, 3.63) is 41.6 Å². The molecule has 0 spiro atoms. The lowest BCUT2D eigenvalue weighted by Gasteiger charge is -2.34. The van der Waals surface area contributed by atoms with E-state index in [2.05, 4.69) is 39.3 Å². The summed E-state index contributed by atoms with van der Waals surface area (Å²) in [6, 6.07) is 8.02. The zero-order chi connectivity index (χ0) is 17.1. The van der Waals surface area contributed by atoms with Gasteiger partial charge < -0.3 is 19.5 Å². The molecule has 0 aliphatic carbocycles. The molecule has 2 heterocycles. The van der Waals surface area contributed by atoms with Crippen molar-refractivity contribution in [1.29, 1.82) is 0 Å². The van der Waals surface area contributed by atoms with Crippen LogP contribution in [0.5, 0.6) is 0 Å². The van der Waals surface area contributed by atoms with Crippen LogP contribution in [0.4, 0.5) is 11.4 Å². The molecule has 128 valence electrons. The molecule has 24 heavy (non-hydrogen) atoms. The zero-order valence-corrected chi connectivity index (χ0v) is 14.5. The number of nitrogens with one attached hydrogen (secondary N) is 1. The first-order valence-electron chi connectivity index (χ1n) is 8.27. The predicted molar refractivity (Wildman–Crippen MR) is 94.5 cm³/mol. The predicted octanol–water partition coefficient (Wildman–Crippen LogP) is 2.22. The fraction of sp³-hybridized carbons (Fsp3) is 0.444. The van der Waals surface area contributed by atoms with Crippen molar-refractivity contribution in [3.8, 4) is 0 Å². The number of hydrogen-bond donors (Lipinski definition) is 1. The number of aromatic nitrogens is 1. The number of hydrogen-bond acceptors (Lipinski definition) is 5. The Labute approximate surface area is 142 Å². The van der Waals surface area contributed by atoms with Crippen molar-refractivity contribution in [3.63, 3.8) is 0 Å². The van der Waals surface area contributed by atoms with E-state index < -0.39 is 0 Å². The first-order valence-corrected chi connectivity index (χ1v) is 8.27. The molecular weight excluding hydrogens is 304 g/mol. The zero-order valence-electron chi connectivity index (χ0n) is 14.5. The minimum Gasteiger partial charge on any atom is -0.445 e. The van der Waals surface area contributed by atoms with Gasteiger partial charge in [0.15, 0.2) is 5.89 Å². The molecule has 6 nitrogen and oxygen atoms in total. The normalized spacial score (nSPS) is 15.5. The molecule has 1 aliphatic heterocycles. The quantitative estimate of drug-likeness (QED) is 0.932. The molecule has 0 radical (unpaired) electrons. The number of piperazine rings is 1. The third-order valence-corrected chi connectivity index (χ3v) is 4.34. The van der Waals surface area contributed by atoms with Crippen LogP contribution in [0.25, 0.3) is 0 Å². The maximum absolute atomic E-state index is 12.2. The van der Waals surface area contributed by atoms with E-state index in [0.717, 1.165) is 37.6 Å². The average molecular weight is 328 g/mol. The second-order valence-electron chi connectivity index (χ2n) is 6.30. The molecular formula is C18H24N4O2. The standard InChI is InChI=1S/C18H24N4O2/c1-13-17(24-14(2)19-13)12-18(23)20-15-4-6-16(7-5-15)22-10-8-21(3)9-11-22/h4-7H,8-12H2,1-3H3,(H,20,23). The Morgan fingerprint density at radius 2 is 1.83 bits per heavy atom. The van der Waals surface area contributed by atoms with E-state index in [1.807, 2.05) is 19.1 Å². The van der Waals surface area contributed by atoms with Gasteiger partial charge in [0, 0.05) is 44.5 Å².